The van der Waals surface area contributed by atoms with Gasteiger partial charge in [-0.25, -0.2) is 8.42 Å². The number of nitrogens with zero attached hydrogens (tertiary/aromatic N) is 2. The second-order valence-electron chi connectivity index (χ2n) is 11.1. The van der Waals surface area contributed by atoms with E-state index < -0.39 is 28.5 Å². The van der Waals surface area contributed by atoms with Gasteiger partial charge in [0.25, 0.3) is 10.0 Å². The number of rotatable bonds is 15. The Bertz CT molecular complexity index is 1730. The Balaban J connectivity index is 1.81. The molecule has 0 spiro atoms. The quantitative estimate of drug-likeness (QED) is 0.137. The molecule has 2 amide bonds. The van der Waals surface area contributed by atoms with E-state index in [4.69, 9.17) is 16.3 Å². The van der Waals surface area contributed by atoms with E-state index in [1.54, 1.807) is 60.7 Å². The van der Waals surface area contributed by atoms with Crippen LogP contribution in [0, 0.1) is 0 Å². The van der Waals surface area contributed by atoms with Gasteiger partial charge in [-0.15, -0.1) is 11.8 Å². The Hall–Kier alpha value is -3.99. The molecule has 11 heteroatoms. The number of halogens is 1. The molecule has 8 nitrogen and oxygen atoms in total. The maximum atomic E-state index is 14.6. The number of anilines is 1. The molecular weight excluding hydrogens is 654 g/mol. The minimum atomic E-state index is -4.23. The molecule has 4 aromatic carbocycles. The van der Waals surface area contributed by atoms with Crippen molar-refractivity contribution in [2.45, 2.75) is 55.6 Å². The number of hydrogen-bond acceptors (Lipinski definition) is 6. The molecular formula is C36H40ClN3O5S2. The molecule has 0 fully saturated rings. The minimum Gasteiger partial charge on any atom is -0.494 e. The Morgan fingerprint density at radius 3 is 2.13 bits per heavy atom. The van der Waals surface area contributed by atoms with Crippen LogP contribution in [-0.2, 0) is 32.6 Å². The highest BCUT2D eigenvalue weighted by Gasteiger charge is 2.35. The molecule has 0 aliphatic carbocycles. The van der Waals surface area contributed by atoms with E-state index >= 15 is 0 Å². The van der Waals surface area contributed by atoms with Crippen molar-refractivity contribution < 1.29 is 22.7 Å². The molecule has 1 unspecified atom stereocenters. The molecule has 1 atom stereocenters. The summed E-state index contributed by atoms with van der Waals surface area (Å²) >= 11 is 8.06. The first-order chi connectivity index (χ1) is 22.5. The molecule has 0 aliphatic rings. The van der Waals surface area contributed by atoms with Crippen molar-refractivity contribution in [1.82, 2.24) is 10.2 Å². The van der Waals surface area contributed by atoms with Crippen LogP contribution in [0.5, 0.6) is 5.75 Å². The van der Waals surface area contributed by atoms with Crippen molar-refractivity contribution >= 4 is 50.9 Å². The first-order valence-corrected chi connectivity index (χ1v) is 18.3. The van der Waals surface area contributed by atoms with E-state index in [0.29, 0.717) is 22.9 Å². The number of benzene rings is 4. The largest absolute Gasteiger partial charge is 0.494 e. The second-order valence-corrected chi connectivity index (χ2v) is 14.2. The lowest BCUT2D eigenvalue weighted by Gasteiger charge is -2.34. The molecule has 248 valence electrons. The lowest BCUT2D eigenvalue weighted by molar-refractivity contribution is -0.140. The minimum absolute atomic E-state index is 0.0128. The molecule has 0 heterocycles. The van der Waals surface area contributed by atoms with Crippen molar-refractivity contribution in [3.05, 3.63) is 119 Å². The van der Waals surface area contributed by atoms with Gasteiger partial charge in [0, 0.05) is 28.9 Å². The van der Waals surface area contributed by atoms with E-state index in [2.05, 4.69) is 5.32 Å². The smallest absolute Gasteiger partial charge is 0.264 e. The summed E-state index contributed by atoms with van der Waals surface area (Å²) in [6, 6.07) is 28.4. The summed E-state index contributed by atoms with van der Waals surface area (Å²) in [7, 11) is -4.23. The van der Waals surface area contributed by atoms with E-state index in [1.807, 2.05) is 57.4 Å². The van der Waals surface area contributed by atoms with Crippen LogP contribution in [0.1, 0.15) is 31.9 Å². The number of thioether (sulfide) groups is 1. The fourth-order valence-corrected chi connectivity index (χ4v) is 7.04. The molecule has 0 aliphatic heterocycles. The molecule has 0 saturated heterocycles. The van der Waals surface area contributed by atoms with Gasteiger partial charge in [-0.05, 0) is 92.8 Å². The highest BCUT2D eigenvalue weighted by atomic mass is 35.5. The summed E-state index contributed by atoms with van der Waals surface area (Å²) in [5.41, 5.74) is 1.75. The van der Waals surface area contributed by atoms with Gasteiger partial charge in [0.05, 0.1) is 17.2 Å². The van der Waals surface area contributed by atoms with Crippen LogP contribution in [0.25, 0.3) is 0 Å². The second kappa shape index (κ2) is 16.7. The Kier molecular flexibility index (Phi) is 12.8. The Morgan fingerprint density at radius 2 is 1.53 bits per heavy atom. The standard InChI is InChI=1S/C36H40ClN3O5S2/c1-5-45-30-17-15-29(16-18-30)40(47(43,44)32-21-19-31(46-4)20-22-32)25-35(41)39(24-28-13-9-10-14-33(28)37)34(36(42)38-26(2)3)23-27-11-7-6-8-12-27/h6-22,26,34H,5,23-25H2,1-4H3,(H,38,42). The number of carbonyl (C=O) groups excluding carboxylic acids is 2. The highest BCUT2D eigenvalue weighted by Crippen LogP contribution is 2.28. The monoisotopic (exact) mass is 693 g/mol. The van der Waals surface area contributed by atoms with Gasteiger partial charge < -0.3 is 15.0 Å². The molecule has 4 rings (SSSR count). The molecule has 1 N–H and O–H groups in total. The van der Waals surface area contributed by atoms with E-state index in [-0.39, 0.29) is 35.5 Å². The zero-order valence-electron chi connectivity index (χ0n) is 26.9. The molecule has 0 saturated carbocycles. The van der Waals surface area contributed by atoms with Crippen LogP contribution < -0.4 is 14.4 Å². The number of sulfonamides is 1. The summed E-state index contributed by atoms with van der Waals surface area (Å²) in [5, 5.41) is 3.38. The number of nitrogens with one attached hydrogen (secondary N) is 1. The van der Waals surface area contributed by atoms with Crippen molar-refractivity contribution in [2.75, 3.05) is 23.7 Å². The molecule has 0 bridgehead atoms. The van der Waals surface area contributed by atoms with Crippen molar-refractivity contribution in [3.63, 3.8) is 0 Å². The molecule has 0 radical (unpaired) electrons. The van der Waals surface area contributed by atoms with Gasteiger partial charge in [0.2, 0.25) is 11.8 Å². The number of ether oxygens (including phenoxy) is 1. The third-order valence-corrected chi connectivity index (χ3v) is 10.3. The Morgan fingerprint density at radius 1 is 0.894 bits per heavy atom. The summed E-state index contributed by atoms with van der Waals surface area (Å²) in [4.78, 5) is 30.8. The predicted octanol–water partition coefficient (Wildman–Crippen LogP) is 6.82. The van der Waals surface area contributed by atoms with Crippen molar-refractivity contribution in [2.24, 2.45) is 0 Å². The van der Waals surface area contributed by atoms with Gasteiger partial charge in [-0.2, -0.15) is 0 Å². The summed E-state index contributed by atoms with van der Waals surface area (Å²) in [6.45, 7) is 5.42. The van der Waals surface area contributed by atoms with Gasteiger partial charge >= 0.3 is 0 Å². The molecule has 4 aromatic rings. The van der Waals surface area contributed by atoms with E-state index in [9.17, 15) is 18.0 Å². The maximum absolute atomic E-state index is 14.6. The van der Waals surface area contributed by atoms with Crippen LogP contribution in [-0.4, -0.2) is 56.6 Å². The summed E-state index contributed by atoms with van der Waals surface area (Å²) in [5.74, 6) is -0.354. The number of amides is 2. The average molecular weight is 694 g/mol. The van der Waals surface area contributed by atoms with Crippen molar-refractivity contribution in [3.8, 4) is 5.75 Å². The van der Waals surface area contributed by atoms with E-state index in [1.165, 1.54) is 28.8 Å². The predicted molar refractivity (Wildman–Crippen MR) is 190 cm³/mol. The van der Waals surface area contributed by atoms with Crippen LogP contribution in [0.3, 0.4) is 0 Å². The summed E-state index contributed by atoms with van der Waals surface area (Å²) < 4.78 is 35.2. The van der Waals surface area contributed by atoms with Gasteiger partial charge in [-0.1, -0.05) is 60.1 Å². The topological polar surface area (TPSA) is 96.0 Å². The zero-order chi connectivity index (χ0) is 34.0. The van der Waals surface area contributed by atoms with Crippen LogP contribution >= 0.6 is 23.4 Å². The maximum Gasteiger partial charge on any atom is 0.264 e. The molecule has 47 heavy (non-hydrogen) atoms. The fraction of sp³-hybridized carbons (Fsp3) is 0.278. The number of hydrogen-bond donors (Lipinski definition) is 1. The SMILES string of the molecule is CCOc1ccc(N(CC(=O)N(Cc2ccccc2Cl)C(Cc2ccccc2)C(=O)NC(C)C)S(=O)(=O)c2ccc(SC)cc2)cc1. The first kappa shape index (κ1) is 35.9. The van der Waals surface area contributed by atoms with E-state index in [0.717, 1.165) is 14.8 Å². The van der Waals surface area contributed by atoms with Crippen molar-refractivity contribution in [1.29, 1.82) is 0 Å². The number of carbonyl (C=O) groups is 2. The highest BCUT2D eigenvalue weighted by molar-refractivity contribution is 7.98. The molecule has 0 aromatic heterocycles. The third kappa shape index (κ3) is 9.53. The lowest BCUT2D eigenvalue weighted by atomic mass is 10.0. The van der Waals surface area contributed by atoms with Crippen LogP contribution in [0.4, 0.5) is 5.69 Å². The normalized spacial score (nSPS) is 12.0. The average Bonchev–Trinajstić information content (AvgIpc) is 3.06. The van der Waals surface area contributed by atoms with Crippen LogP contribution in [0.2, 0.25) is 5.02 Å². The summed E-state index contributed by atoms with van der Waals surface area (Å²) in [6.07, 6.45) is 2.12. The fourth-order valence-electron chi connectivity index (χ4n) is 5.02. The van der Waals surface area contributed by atoms with Gasteiger partial charge in [0.15, 0.2) is 0 Å². The van der Waals surface area contributed by atoms with Crippen LogP contribution in [0.15, 0.2) is 113 Å². The van der Waals surface area contributed by atoms with Gasteiger partial charge in [-0.3, -0.25) is 13.9 Å². The first-order valence-electron chi connectivity index (χ1n) is 15.3. The lowest BCUT2D eigenvalue weighted by Crippen LogP contribution is -2.54. The zero-order valence-corrected chi connectivity index (χ0v) is 29.3. The van der Waals surface area contributed by atoms with Gasteiger partial charge in [0.1, 0.15) is 18.3 Å². The third-order valence-electron chi connectivity index (χ3n) is 7.36. The Labute approximate surface area is 287 Å².